The van der Waals surface area contributed by atoms with Gasteiger partial charge >= 0.3 is 0 Å². The molecule has 17 heavy (non-hydrogen) atoms. The fourth-order valence-corrected chi connectivity index (χ4v) is 1.70. The molecular formula is C11H11Cl2N3O. The third kappa shape index (κ3) is 3.43. The summed E-state index contributed by atoms with van der Waals surface area (Å²) in [7, 11) is 0. The van der Waals surface area contributed by atoms with E-state index < -0.39 is 0 Å². The zero-order valence-electron chi connectivity index (χ0n) is 9.20. The first-order valence-corrected chi connectivity index (χ1v) is 5.84. The Balaban J connectivity index is 1.87. The summed E-state index contributed by atoms with van der Waals surface area (Å²) in [6, 6.07) is 5.52. The smallest absolute Gasteiger partial charge is 0.240 e. The number of rotatable bonds is 4. The number of halogens is 2. The largest absolute Gasteiger partial charge is 0.338 e. The number of aromatic nitrogens is 2. The number of hydrogen-bond acceptors (Lipinski definition) is 4. The molecule has 0 atom stereocenters. The van der Waals surface area contributed by atoms with Gasteiger partial charge in [0.25, 0.3) is 0 Å². The van der Waals surface area contributed by atoms with E-state index in [9.17, 15) is 0 Å². The summed E-state index contributed by atoms with van der Waals surface area (Å²) in [4.78, 5) is 4.09. The second kappa shape index (κ2) is 5.49. The van der Waals surface area contributed by atoms with Gasteiger partial charge in [0.05, 0.1) is 16.6 Å². The molecule has 0 saturated heterocycles. The van der Waals surface area contributed by atoms with Crippen molar-refractivity contribution in [2.24, 2.45) is 0 Å². The Morgan fingerprint density at radius 3 is 2.71 bits per heavy atom. The molecule has 2 rings (SSSR count). The van der Waals surface area contributed by atoms with E-state index in [0.717, 1.165) is 5.56 Å². The maximum absolute atomic E-state index is 5.91. The van der Waals surface area contributed by atoms with Crippen molar-refractivity contribution in [2.45, 2.75) is 20.0 Å². The van der Waals surface area contributed by atoms with Crippen LogP contribution in [0.5, 0.6) is 0 Å². The van der Waals surface area contributed by atoms with Crippen LogP contribution < -0.4 is 5.32 Å². The number of aryl methyl sites for hydroxylation is 1. The standard InChI is InChI=1S/C11H11Cl2N3O/c1-7-15-11(17-16-7)6-14-5-8-2-3-9(12)10(13)4-8/h2-4,14H,5-6H2,1H3. The van der Waals surface area contributed by atoms with Crippen molar-refractivity contribution in [3.8, 4) is 0 Å². The predicted molar refractivity (Wildman–Crippen MR) is 66.0 cm³/mol. The van der Waals surface area contributed by atoms with Crippen LogP contribution in [0.25, 0.3) is 0 Å². The maximum Gasteiger partial charge on any atom is 0.240 e. The summed E-state index contributed by atoms with van der Waals surface area (Å²) in [6.07, 6.45) is 0. The van der Waals surface area contributed by atoms with Gasteiger partial charge in [0.2, 0.25) is 5.89 Å². The van der Waals surface area contributed by atoms with Crippen LogP contribution in [-0.4, -0.2) is 10.1 Å². The number of hydrogen-bond donors (Lipinski definition) is 1. The molecule has 0 spiro atoms. The topological polar surface area (TPSA) is 51.0 Å². The van der Waals surface area contributed by atoms with Gasteiger partial charge in [-0.25, -0.2) is 0 Å². The molecule has 0 fully saturated rings. The normalized spacial score (nSPS) is 10.8. The average molecular weight is 272 g/mol. The van der Waals surface area contributed by atoms with E-state index in [4.69, 9.17) is 27.7 Å². The molecule has 1 N–H and O–H groups in total. The minimum absolute atomic E-state index is 0.529. The second-order valence-corrected chi connectivity index (χ2v) is 4.40. The van der Waals surface area contributed by atoms with Crippen molar-refractivity contribution < 1.29 is 4.52 Å². The van der Waals surface area contributed by atoms with Gasteiger partial charge < -0.3 is 9.84 Å². The Bertz CT molecular complexity index is 513. The van der Waals surface area contributed by atoms with Crippen molar-refractivity contribution in [1.82, 2.24) is 15.5 Å². The highest BCUT2D eigenvalue weighted by molar-refractivity contribution is 6.42. The van der Waals surface area contributed by atoms with E-state index >= 15 is 0 Å². The fraction of sp³-hybridized carbons (Fsp3) is 0.273. The van der Waals surface area contributed by atoms with E-state index in [0.29, 0.717) is 34.8 Å². The molecule has 1 aromatic carbocycles. The monoisotopic (exact) mass is 271 g/mol. The molecular weight excluding hydrogens is 261 g/mol. The lowest BCUT2D eigenvalue weighted by atomic mass is 10.2. The predicted octanol–water partition coefficient (Wildman–Crippen LogP) is 2.97. The second-order valence-electron chi connectivity index (χ2n) is 3.59. The van der Waals surface area contributed by atoms with Crippen LogP contribution in [0.15, 0.2) is 22.7 Å². The van der Waals surface area contributed by atoms with Gasteiger partial charge in [-0.3, -0.25) is 0 Å². The highest BCUT2D eigenvalue weighted by atomic mass is 35.5. The first kappa shape index (κ1) is 12.4. The zero-order valence-corrected chi connectivity index (χ0v) is 10.7. The van der Waals surface area contributed by atoms with Crippen LogP contribution in [0.4, 0.5) is 0 Å². The molecule has 0 amide bonds. The van der Waals surface area contributed by atoms with E-state index in [-0.39, 0.29) is 0 Å². The summed E-state index contributed by atoms with van der Waals surface area (Å²) in [5.41, 5.74) is 1.05. The van der Waals surface area contributed by atoms with E-state index in [1.807, 2.05) is 12.1 Å². The third-order valence-electron chi connectivity index (χ3n) is 2.16. The van der Waals surface area contributed by atoms with Crippen LogP contribution in [0.3, 0.4) is 0 Å². The Labute approximate surface area is 109 Å². The van der Waals surface area contributed by atoms with Gasteiger partial charge in [-0.05, 0) is 24.6 Å². The van der Waals surface area contributed by atoms with Crippen molar-refractivity contribution in [1.29, 1.82) is 0 Å². The molecule has 0 unspecified atom stereocenters. The van der Waals surface area contributed by atoms with Crippen molar-refractivity contribution in [3.05, 3.63) is 45.5 Å². The summed E-state index contributed by atoms with van der Waals surface area (Å²) in [5.74, 6) is 1.21. The fourth-order valence-electron chi connectivity index (χ4n) is 1.38. The average Bonchev–Trinajstić information content (AvgIpc) is 2.70. The third-order valence-corrected chi connectivity index (χ3v) is 2.90. The van der Waals surface area contributed by atoms with Gasteiger partial charge in [-0.2, -0.15) is 4.98 Å². The van der Waals surface area contributed by atoms with E-state index in [2.05, 4.69) is 15.5 Å². The van der Waals surface area contributed by atoms with Crippen LogP contribution in [0, 0.1) is 6.92 Å². The van der Waals surface area contributed by atoms with Gasteiger partial charge in [0.1, 0.15) is 0 Å². The van der Waals surface area contributed by atoms with Gasteiger partial charge in [-0.1, -0.05) is 34.4 Å². The van der Waals surface area contributed by atoms with Crippen molar-refractivity contribution in [2.75, 3.05) is 0 Å². The molecule has 4 nitrogen and oxygen atoms in total. The van der Waals surface area contributed by atoms with Crippen LogP contribution in [-0.2, 0) is 13.1 Å². The van der Waals surface area contributed by atoms with Gasteiger partial charge in [0, 0.05) is 6.54 Å². The summed E-state index contributed by atoms with van der Waals surface area (Å²) < 4.78 is 4.97. The molecule has 1 heterocycles. The Morgan fingerprint density at radius 2 is 2.06 bits per heavy atom. The number of nitrogens with zero attached hydrogens (tertiary/aromatic N) is 2. The molecule has 0 aliphatic rings. The molecule has 0 bridgehead atoms. The van der Waals surface area contributed by atoms with E-state index in [1.54, 1.807) is 13.0 Å². The molecule has 90 valence electrons. The lowest BCUT2D eigenvalue weighted by molar-refractivity contribution is 0.364. The van der Waals surface area contributed by atoms with Crippen molar-refractivity contribution in [3.63, 3.8) is 0 Å². The molecule has 6 heteroatoms. The first-order chi connectivity index (χ1) is 8.15. The van der Waals surface area contributed by atoms with Crippen LogP contribution in [0.2, 0.25) is 10.0 Å². The van der Waals surface area contributed by atoms with Gasteiger partial charge in [0.15, 0.2) is 5.82 Å². The van der Waals surface area contributed by atoms with Crippen LogP contribution >= 0.6 is 23.2 Å². The number of benzene rings is 1. The molecule has 2 aromatic rings. The zero-order chi connectivity index (χ0) is 12.3. The SMILES string of the molecule is Cc1noc(CNCc2ccc(Cl)c(Cl)c2)n1. The molecule has 0 aliphatic heterocycles. The summed E-state index contributed by atoms with van der Waals surface area (Å²) in [5, 5.41) is 8.00. The molecule has 0 radical (unpaired) electrons. The minimum atomic E-state index is 0.529. The first-order valence-electron chi connectivity index (χ1n) is 5.09. The minimum Gasteiger partial charge on any atom is -0.338 e. The Hall–Kier alpha value is -1.10. The summed E-state index contributed by atoms with van der Waals surface area (Å²) in [6.45, 7) is 2.98. The van der Waals surface area contributed by atoms with E-state index in [1.165, 1.54) is 0 Å². The lowest BCUT2D eigenvalue weighted by Crippen LogP contribution is -2.12. The quantitative estimate of drug-likeness (QED) is 0.929. The molecule has 0 saturated carbocycles. The van der Waals surface area contributed by atoms with Crippen molar-refractivity contribution >= 4 is 23.2 Å². The van der Waals surface area contributed by atoms with Crippen LogP contribution in [0.1, 0.15) is 17.3 Å². The Morgan fingerprint density at radius 1 is 1.24 bits per heavy atom. The molecule has 0 aliphatic carbocycles. The highest BCUT2D eigenvalue weighted by Crippen LogP contribution is 2.22. The highest BCUT2D eigenvalue weighted by Gasteiger charge is 2.03. The maximum atomic E-state index is 5.91. The lowest BCUT2D eigenvalue weighted by Gasteiger charge is -2.03. The van der Waals surface area contributed by atoms with Gasteiger partial charge in [-0.15, -0.1) is 0 Å². The molecule has 1 aromatic heterocycles. The Kier molecular flexibility index (Phi) is 3.99. The number of nitrogens with one attached hydrogen (secondary N) is 1. The summed E-state index contributed by atoms with van der Waals surface area (Å²) >= 11 is 11.7.